The molecule has 0 aromatic heterocycles. The van der Waals surface area contributed by atoms with Gasteiger partial charge in [-0.2, -0.15) is 0 Å². The Morgan fingerprint density at radius 2 is 2.09 bits per heavy atom. The zero-order chi connectivity index (χ0) is 8.43. The maximum atomic E-state index is 11.0. The van der Waals surface area contributed by atoms with Crippen LogP contribution in [0, 0.1) is 5.92 Å². The minimum atomic E-state index is -1.08. The van der Waals surface area contributed by atoms with Crippen LogP contribution in [-0.4, -0.2) is 28.5 Å². The smallest absolute Gasteiger partial charge is 0.324 e. The third-order valence-electron chi connectivity index (χ3n) is 1.52. The first-order valence-electron chi connectivity index (χ1n) is 3.39. The number of nitrogens with two attached hydrogens (primary N) is 1. The Bertz CT molecular complexity index is 188. The van der Waals surface area contributed by atoms with Gasteiger partial charge in [0, 0.05) is 5.92 Å². The van der Waals surface area contributed by atoms with Crippen LogP contribution in [0.3, 0.4) is 0 Å². The molecule has 0 spiro atoms. The fourth-order valence-electron chi connectivity index (χ4n) is 0.788. The molecule has 3 N–H and O–H groups in total. The van der Waals surface area contributed by atoms with Gasteiger partial charge < -0.3 is 5.11 Å². The highest BCUT2D eigenvalue weighted by molar-refractivity contribution is 5.84. The summed E-state index contributed by atoms with van der Waals surface area (Å²) < 4.78 is 0. The number of rotatable bonds is 3. The van der Waals surface area contributed by atoms with Gasteiger partial charge in [0.25, 0.3) is 0 Å². The van der Waals surface area contributed by atoms with Gasteiger partial charge in [0.1, 0.15) is 6.54 Å². The molecule has 1 aliphatic carbocycles. The van der Waals surface area contributed by atoms with Crippen LogP contribution in [0.25, 0.3) is 0 Å². The Labute approximate surface area is 63.7 Å². The molecular formula is C6H10N2O3. The van der Waals surface area contributed by atoms with Crippen LogP contribution in [-0.2, 0) is 9.59 Å². The second kappa shape index (κ2) is 2.87. The van der Waals surface area contributed by atoms with Crippen molar-refractivity contribution in [1.82, 2.24) is 5.01 Å². The van der Waals surface area contributed by atoms with Gasteiger partial charge in [0.05, 0.1) is 0 Å². The molecule has 11 heavy (non-hydrogen) atoms. The number of carboxylic acid groups (broad SMARTS) is 1. The number of hydrogen-bond donors (Lipinski definition) is 2. The van der Waals surface area contributed by atoms with Crippen LogP contribution >= 0.6 is 0 Å². The van der Waals surface area contributed by atoms with Crippen molar-refractivity contribution in [2.24, 2.45) is 11.8 Å². The summed E-state index contributed by atoms with van der Waals surface area (Å²) in [6, 6.07) is 0. The zero-order valence-electron chi connectivity index (χ0n) is 5.99. The van der Waals surface area contributed by atoms with Crippen molar-refractivity contribution in [2.75, 3.05) is 6.54 Å². The van der Waals surface area contributed by atoms with E-state index in [-0.39, 0.29) is 11.8 Å². The lowest BCUT2D eigenvalue weighted by Crippen LogP contribution is -2.42. The van der Waals surface area contributed by atoms with E-state index in [0.29, 0.717) is 0 Å². The molecule has 1 saturated carbocycles. The monoisotopic (exact) mass is 158 g/mol. The predicted molar refractivity (Wildman–Crippen MR) is 36.3 cm³/mol. The van der Waals surface area contributed by atoms with Crippen LogP contribution in [0.1, 0.15) is 12.8 Å². The molecule has 5 heteroatoms. The van der Waals surface area contributed by atoms with Gasteiger partial charge in [-0.05, 0) is 12.8 Å². The predicted octanol–water partition coefficient (Wildman–Crippen LogP) is -0.817. The molecule has 0 radical (unpaired) electrons. The number of aliphatic carboxylic acids is 1. The zero-order valence-corrected chi connectivity index (χ0v) is 5.99. The number of carbonyl (C=O) groups excluding carboxylic acids is 1. The molecule has 0 aliphatic heterocycles. The van der Waals surface area contributed by atoms with E-state index >= 15 is 0 Å². The number of amides is 1. The van der Waals surface area contributed by atoms with Crippen molar-refractivity contribution >= 4 is 11.9 Å². The number of nitrogens with zero attached hydrogens (tertiary/aromatic N) is 1. The molecule has 0 bridgehead atoms. The lowest BCUT2D eigenvalue weighted by atomic mass is 10.4. The number of hydrogen-bond acceptors (Lipinski definition) is 3. The molecule has 1 amide bonds. The highest BCUT2D eigenvalue weighted by Gasteiger charge is 2.32. The Hall–Kier alpha value is -1.10. The van der Waals surface area contributed by atoms with E-state index in [2.05, 4.69) is 0 Å². The maximum Gasteiger partial charge on any atom is 0.324 e. The molecule has 1 rings (SSSR count). The van der Waals surface area contributed by atoms with Crippen molar-refractivity contribution in [3.05, 3.63) is 0 Å². The maximum absolute atomic E-state index is 11.0. The summed E-state index contributed by atoms with van der Waals surface area (Å²) in [5.41, 5.74) is 0. The summed E-state index contributed by atoms with van der Waals surface area (Å²) in [6.45, 7) is -0.407. The van der Waals surface area contributed by atoms with E-state index in [1.165, 1.54) is 0 Å². The lowest BCUT2D eigenvalue weighted by Gasteiger charge is -2.12. The van der Waals surface area contributed by atoms with Gasteiger partial charge in [-0.25, -0.2) is 5.84 Å². The van der Waals surface area contributed by atoms with E-state index in [1.54, 1.807) is 0 Å². The van der Waals surface area contributed by atoms with Gasteiger partial charge in [0.2, 0.25) is 5.91 Å². The van der Waals surface area contributed by atoms with E-state index in [9.17, 15) is 9.59 Å². The van der Waals surface area contributed by atoms with Crippen molar-refractivity contribution in [1.29, 1.82) is 0 Å². The van der Waals surface area contributed by atoms with Gasteiger partial charge in [-0.1, -0.05) is 0 Å². The van der Waals surface area contributed by atoms with Crippen LogP contribution in [0.15, 0.2) is 0 Å². The van der Waals surface area contributed by atoms with E-state index < -0.39 is 12.5 Å². The summed E-state index contributed by atoms with van der Waals surface area (Å²) in [5.74, 6) is 3.81. The van der Waals surface area contributed by atoms with E-state index in [0.717, 1.165) is 17.9 Å². The van der Waals surface area contributed by atoms with Crippen molar-refractivity contribution in [3.8, 4) is 0 Å². The summed E-state index contributed by atoms with van der Waals surface area (Å²) in [6.07, 6.45) is 1.68. The third-order valence-corrected chi connectivity index (χ3v) is 1.52. The quantitative estimate of drug-likeness (QED) is 0.319. The molecule has 1 aliphatic rings. The second-order valence-corrected chi connectivity index (χ2v) is 2.63. The molecule has 0 saturated heterocycles. The standard InChI is InChI=1S/C6H10N2O3/c7-8(3-5(9)10)6(11)4-1-2-4/h4H,1-3,7H2,(H,9,10). The fraction of sp³-hybridized carbons (Fsp3) is 0.667. The first-order chi connectivity index (χ1) is 5.11. The molecule has 1 fully saturated rings. The second-order valence-electron chi connectivity index (χ2n) is 2.63. The van der Waals surface area contributed by atoms with E-state index in [4.69, 9.17) is 10.9 Å². The molecule has 0 heterocycles. The molecule has 5 nitrogen and oxygen atoms in total. The van der Waals surface area contributed by atoms with Crippen LogP contribution in [0.4, 0.5) is 0 Å². The molecule has 0 unspecified atom stereocenters. The summed E-state index contributed by atoms with van der Waals surface area (Å²) in [4.78, 5) is 21.1. The van der Waals surface area contributed by atoms with Crippen molar-refractivity contribution < 1.29 is 14.7 Å². The van der Waals surface area contributed by atoms with Crippen molar-refractivity contribution in [3.63, 3.8) is 0 Å². The third kappa shape index (κ3) is 2.19. The Balaban J connectivity index is 2.33. The average Bonchev–Trinajstić information content (AvgIpc) is 2.65. The normalized spacial score (nSPS) is 16.1. The first kappa shape index (κ1) is 8.00. The summed E-state index contributed by atoms with van der Waals surface area (Å²) in [7, 11) is 0. The number of hydrazine groups is 1. The number of carbonyl (C=O) groups is 2. The van der Waals surface area contributed by atoms with Gasteiger partial charge in [-0.15, -0.1) is 0 Å². The Kier molecular flexibility index (Phi) is 2.09. The molecule has 0 aromatic carbocycles. The Morgan fingerprint density at radius 1 is 1.55 bits per heavy atom. The molecular weight excluding hydrogens is 148 g/mol. The Morgan fingerprint density at radius 3 is 2.45 bits per heavy atom. The minimum absolute atomic E-state index is 0.0145. The van der Waals surface area contributed by atoms with Crippen LogP contribution in [0.2, 0.25) is 0 Å². The average molecular weight is 158 g/mol. The minimum Gasteiger partial charge on any atom is -0.480 e. The SMILES string of the molecule is NN(CC(=O)O)C(=O)C1CC1. The van der Waals surface area contributed by atoms with E-state index in [1.807, 2.05) is 0 Å². The molecule has 62 valence electrons. The topological polar surface area (TPSA) is 83.6 Å². The van der Waals surface area contributed by atoms with Crippen LogP contribution < -0.4 is 5.84 Å². The highest BCUT2D eigenvalue weighted by atomic mass is 16.4. The number of carboxylic acids is 1. The summed E-state index contributed by atoms with van der Waals surface area (Å²) >= 11 is 0. The van der Waals surface area contributed by atoms with Gasteiger partial charge in [0.15, 0.2) is 0 Å². The lowest BCUT2D eigenvalue weighted by molar-refractivity contribution is -0.145. The fourth-order valence-corrected chi connectivity index (χ4v) is 0.788. The van der Waals surface area contributed by atoms with Gasteiger partial charge in [-0.3, -0.25) is 14.6 Å². The molecule has 0 atom stereocenters. The molecule has 0 aromatic rings. The van der Waals surface area contributed by atoms with Gasteiger partial charge >= 0.3 is 5.97 Å². The largest absolute Gasteiger partial charge is 0.480 e. The first-order valence-corrected chi connectivity index (χ1v) is 3.39. The highest BCUT2D eigenvalue weighted by Crippen LogP contribution is 2.30. The van der Waals surface area contributed by atoms with Crippen molar-refractivity contribution in [2.45, 2.75) is 12.8 Å². The van der Waals surface area contributed by atoms with Crippen LogP contribution in [0.5, 0.6) is 0 Å². The summed E-state index contributed by atoms with van der Waals surface area (Å²) in [5, 5.41) is 9.02.